The summed E-state index contributed by atoms with van der Waals surface area (Å²) in [4.78, 5) is 39.9. The van der Waals surface area contributed by atoms with Gasteiger partial charge in [0.05, 0.1) is 30.8 Å². The van der Waals surface area contributed by atoms with E-state index in [0.717, 1.165) is 49.3 Å². The van der Waals surface area contributed by atoms with Gasteiger partial charge in [0.1, 0.15) is 5.69 Å². The molecule has 4 heterocycles. The molecule has 228 valence electrons. The Morgan fingerprint density at radius 2 is 1.91 bits per heavy atom. The van der Waals surface area contributed by atoms with Crippen LogP contribution in [0.4, 0.5) is 11.4 Å². The summed E-state index contributed by atoms with van der Waals surface area (Å²) in [5.41, 5.74) is 5.86. The molecular weight excluding hydrogens is 550 g/mol. The summed E-state index contributed by atoms with van der Waals surface area (Å²) in [6.07, 6.45) is 4.56. The lowest BCUT2D eigenvalue weighted by atomic mass is 9.97. The maximum absolute atomic E-state index is 13.6. The van der Waals surface area contributed by atoms with Crippen LogP contribution >= 0.6 is 0 Å². The van der Waals surface area contributed by atoms with Gasteiger partial charge in [-0.1, -0.05) is 36.9 Å². The number of likely N-dealkylation sites (tertiary alicyclic amines) is 1. The number of aromatic nitrogens is 1. The Labute approximate surface area is 259 Å². The predicted molar refractivity (Wildman–Crippen MR) is 174 cm³/mol. The predicted octanol–water partition coefficient (Wildman–Crippen LogP) is 4.05. The normalized spacial score (nSPS) is 20.3. The third-order valence-electron chi connectivity index (χ3n) is 9.60. The van der Waals surface area contributed by atoms with Crippen LogP contribution in [-0.4, -0.2) is 85.0 Å². The van der Waals surface area contributed by atoms with E-state index >= 15 is 0 Å². The number of nitriles is 1. The van der Waals surface area contributed by atoms with Gasteiger partial charge in [-0.15, -0.1) is 0 Å². The van der Waals surface area contributed by atoms with Crippen LogP contribution in [0.3, 0.4) is 0 Å². The molecule has 2 atom stereocenters. The number of aryl methyl sites for hydroxylation is 1. The first kappa shape index (κ1) is 29.6. The summed E-state index contributed by atoms with van der Waals surface area (Å²) in [7, 11) is 2.11. The minimum atomic E-state index is -0.253. The number of benzene rings is 2. The molecule has 0 aliphatic carbocycles. The average Bonchev–Trinajstić information content (AvgIpc) is 3.46. The number of fused-ring (bicyclic) bond motifs is 2. The minimum Gasteiger partial charge on any atom is -0.367 e. The van der Waals surface area contributed by atoms with Gasteiger partial charge < -0.3 is 24.9 Å². The van der Waals surface area contributed by atoms with Crippen molar-refractivity contribution in [2.75, 3.05) is 56.1 Å². The van der Waals surface area contributed by atoms with Gasteiger partial charge in [-0.2, -0.15) is 5.26 Å². The van der Waals surface area contributed by atoms with Crippen LogP contribution in [0.5, 0.6) is 0 Å². The molecule has 2 saturated heterocycles. The zero-order valence-corrected chi connectivity index (χ0v) is 25.8. The highest BCUT2D eigenvalue weighted by Gasteiger charge is 2.33. The molecule has 2 aromatic carbocycles. The molecule has 6 rings (SSSR count). The fraction of sp³-hybridized carbons (Fsp3) is 0.429. The SMILES string of the molecule is C=CC(=O)N1CCN(c2cc(C(=O)NC[C@H]3CCCN3C)nc3c2CCN(c2cccc4cccc(C)c24)C3)C[C@@H]1CC#N. The lowest BCUT2D eigenvalue weighted by molar-refractivity contribution is -0.128. The summed E-state index contributed by atoms with van der Waals surface area (Å²) >= 11 is 0. The number of amides is 2. The number of nitrogens with one attached hydrogen (secondary N) is 1. The summed E-state index contributed by atoms with van der Waals surface area (Å²) in [5.74, 6) is -0.318. The molecule has 3 aromatic rings. The van der Waals surface area contributed by atoms with Crippen molar-refractivity contribution in [3.8, 4) is 6.07 Å². The number of hydrogen-bond donors (Lipinski definition) is 1. The molecule has 0 bridgehead atoms. The fourth-order valence-electron chi connectivity index (χ4n) is 7.19. The van der Waals surface area contributed by atoms with Crippen molar-refractivity contribution in [3.05, 3.63) is 77.6 Å². The number of rotatable bonds is 7. The molecule has 9 heteroatoms. The maximum Gasteiger partial charge on any atom is 0.270 e. The fourth-order valence-corrected chi connectivity index (χ4v) is 7.19. The van der Waals surface area contributed by atoms with Gasteiger partial charge in [-0.05, 0) is 68.9 Å². The van der Waals surface area contributed by atoms with Crippen LogP contribution in [0.1, 0.15) is 46.6 Å². The van der Waals surface area contributed by atoms with Crippen LogP contribution in [0, 0.1) is 18.3 Å². The third kappa shape index (κ3) is 5.74. The van der Waals surface area contributed by atoms with E-state index in [4.69, 9.17) is 4.98 Å². The largest absolute Gasteiger partial charge is 0.367 e. The van der Waals surface area contributed by atoms with Crippen molar-refractivity contribution in [2.45, 2.75) is 51.2 Å². The second-order valence-corrected chi connectivity index (χ2v) is 12.3. The maximum atomic E-state index is 13.6. The van der Waals surface area contributed by atoms with Crippen LogP contribution in [0.2, 0.25) is 0 Å². The number of nitrogens with zero attached hydrogens (tertiary/aromatic N) is 6. The minimum absolute atomic E-state index is 0.153. The smallest absolute Gasteiger partial charge is 0.270 e. The Balaban J connectivity index is 1.35. The lowest BCUT2D eigenvalue weighted by Gasteiger charge is -2.43. The Morgan fingerprint density at radius 1 is 1.09 bits per heavy atom. The molecule has 2 fully saturated rings. The summed E-state index contributed by atoms with van der Waals surface area (Å²) < 4.78 is 0. The number of carbonyl (C=O) groups is 2. The zero-order valence-electron chi connectivity index (χ0n) is 25.8. The molecule has 1 N–H and O–H groups in total. The molecular formula is C35H41N7O2. The second-order valence-electron chi connectivity index (χ2n) is 12.3. The summed E-state index contributed by atoms with van der Waals surface area (Å²) in [5, 5.41) is 15.2. The molecule has 2 amide bonds. The van der Waals surface area contributed by atoms with Gasteiger partial charge in [-0.25, -0.2) is 4.98 Å². The van der Waals surface area contributed by atoms with E-state index in [1.165, 1.54) is 28.1 Å². The summed E-state index contributed by atoms with van der Waals surface area (Å²) in [6, 6.07) is 17.1. The zero-order chi connectivity index (χ0) is 30.8. The Morgan fingerprint density at radius 3 is 2.66 bits per heavy atom. The van der Waals surface area contributed by atoms with E-state index in [2.05, 4.69) is 83.0 Å². The molecule has 0 spiro atoms. The first-order valence-corrected chi connectivity index (χ1v) is 15.7. The Bertz CT molecular complexity index is 1620. The van der Waals surface area contributed by atoms with Gasteiger partial charge in [-0.3, -0.25) is 9.59 Å². The van der Waals surface area contributed by atoms with Crippen LogP contribution in [0.15, 0.2) is 55.1 Å². The number of pyridine rings is 1. The third-order valence-corrected chi connectivity index (χ3v) is 9.60. The van der Waals surface area contributed by atoms with Crippen LogP contribution in [0.25, 0.3) is 10.8 Å². The number of hydrogen-bond acceptors (Lipinski definition) is 7. The molecule has 3 aliphatic heterocycles. The number of carbonyl (C=O) groups excluding carboxylic acids is 2. The molecule has 1 aromatic heterocycles. The number of likely N-dealkylation sites (N-methyl/N-ethyl adjacent to an activating group) is 1. The quantitative estimate of drug-likeness (QED) is 0.415. The first-order chi connectivity index (χ1) is 21.4. The van der Waals surface area contributed by atoms with E-state index in [1.807, 2.05) is 6.07 Å². The topological polar surface area (TPSA) is 95.8 Å². The standard InChI is InChI=1S/C35H41N7O2/c1-4-33(43)42-19-18-41(22-27(42)13-15-36)32-20-29(35(44)37-21-26-11-7-16-39(26)3)38-30-23-40(17-14-28(30)32)31-12-6-10-25-9-5-8-24(2)34(25)31/h4-6,8-10,12,20,26-27H,1,7,11,13-14,16-19,21-23H2,2-3H3,(H,37,44)/t26-,27+/m1/s1. The van der Waals surface area contributed by atoms with E-state index in [1.54, 1.807) is 4.90 Å². The van der Waals surface area contributed by atoms with Crippen molar-refractivity contribution >= 4 is 34.0 Å². The van der Waals surface area contributed by atoms with Gasteiger partial charge in [0.15, 0.2) is 0 Å². The van der Waals surface area contributed by atoms with Crippen molar-refractivity contribution in [3.63, 3.8) is 0 Å². The monoisotopic (exact) mass is 591 g/mol. The van der Waals surface area contributed by atoms with Crippen LogP contribution in [-0.2, 0) is 17.8 Å². The first-order valence-electron chi connectivity index (χ1n) is 15.7. The lowest BCUT2D eigenvalue weighted by Crippen LogP contribution is -2.55. The van der Waals surface area contributed by atoms with Crippen molar-refractivity contribution in [1.29, 1.82) is 5.26 Å². The average molecular weight is 592 g/mol. The van der Waals surface area contributed by atoms with Gasteiger partial charge in [0.25, 0.3) is 5.91 Å². The molecule has 0 saturated carbocycles. The molecule has 0 radical (unpaired) electrons. The molecule has 44 heavy (non-hydrogen) atoms. The Hall–Kier alpha value is -4.42. The summed E-state index contributed by atoms with van der Waals surface area (Å²) in [6.45, 7) is 10.5. The second kappa shape index (κ2) is 12.7. The van der Waals surface area contributed by atoms with E-state index in [0.29, 0.717) is 44.5 Å². The molecule has 3 aliphatic rings. The van der Waals surface area contributed by atoms with Crippen molar-refractivity contribution in [1.82, 2.24) is 20.1 Å². The van der Waals surface area contributed by atoms with E-state index < -0.39 is 0 Å². The highest BCUT2D eigenvalue weighted by molar-refractivity contribution is 5.97. The molecule has 0 unspecified atom stereocenters. The van der Waals surface area contributed by atoms with E-state index in [-0.39, 0.29) is 24.3 Å². The van der Waals surface area contributed by atoms with Crippen molar-refractivity contribution < 1.29 is 9.59 Å². The van der Waals surface area contributed by atoms with Crippen LogP contribution < -0.4 is 15.1 Å². The highest BCUT2D eigenvalue weighted by Crippen LogP contribution is 2.36. The Kier molecular flexibility index (Phi) is 8.53. The van der Waals surface area contributed by atoms with E-state index in [9.17, 15) is 14.9 Å². The van der Waals surface area contributed by atoms with Crippen molar-refractivity contribution in [2.24, 2.45) is 0 Å². The number of anilines is 2. The van der Waals surface area contributed by atoms with Gasteiger partial charge in [0.2, 0.25) is 5.91 Å². The van der Waals surface area contributed by atoms with Gasteiger partial charge in [0, 0.05) is 61.1 Å². The van der Waals surface area contributed by atoms with Gasteiger partial charge >= 0.3 is 0 Å². The highest BCUT2D eigenvalue weighted by atomic mass is 16.2. The number of piperazine rings is 1. The molecule has 9 nitrogen and oxygen atoms in total.